The minimum absolute atomic E-state index is 0.00697. The first-order valence-corrected chi connectivity index (χ1v) is 7.28. The molecule has 0 saturated heterocycles. The van der Waals surface area contributed by atoms with E-state index in [4.69, 9.17) is 5.73 Å². The lowest BCUT2D eigenvalue weighted by Gasteiger charge is -2.22. The monoisotopic (exact) mass is 309 g/mol. The molecule has 1 fully saturated rings. The van der Waals surface area contributed by atoms with Crippen molar-refractivity contribution >= 4 is 21.4 Å². The number of anilines is 2. The number of sulfonamides is 1. The summed E-state index contributed by atoms with van der Waals surface area (Å²) in [5.74, 6) is 0. The van der Waals surface area contributed by atoms with Crippen LogP contribution in [0.5, 0.6) is 0 Å². The van der Waals surface area contributed by atoms with Crippen LogP contribution in [-0.4, -0.2) is 27.2 Å². The Morgan fingerprint density at radius 3 is 2.30 bits per heavy atom. The lowest BCUT2D eigenvalue weighted by molar-refractivity contribution is -0.151. The standard InChI is InChI=1S/C11H14F3N3O2S/c1-16-20(18,19)9-3-2-7(6-8(9)15)17-10(4-5-10)11(12,13)14/h2-3,6,16-17H,4-5,15H2,1H3. The van der Waals surface area contributed by atoms with Crippen LogP contribution in [0.2, 0.25) is 0 Å². The molecule has 0 unspecified atom stereocenters. The van der Waals surface area contributed by atoms with Crippen LogP contribution in [-0.2, 0) is 10.0 Å². The molecule has 9 heteroatoms. The Bertz CT molecular complexity index is 624. The van der Waals surface area contributed by atoms with Gasteiger partial charge in [0.25, 0.3) is 0 Å². The van der Waals surface area contributed by atoms with Crippen molar-refractivity contribution in [3.63, 3.8) is 0 Å². The van der Waals surface area contributed by atoms with Crippen LogP contribution >= 0.6 is 0 Å². The number of nitrogens with two attached hydrogens (primary N) is 1. The van der Waals surface area contributed by atoms with E-state index in [1.807, 2.05) is 0 Å². The largest absolute Gasteiger partial charge is 0.411 e. The Morgan fingerprint density at radius 1 is 1.30 bits per heavy atom. The van der Waals surface area contributed by atoms with Gasteiger partial charge in [0.2, 0.25) is 10.0 Å². The Morgan fingerprint density at radius 2 is 1.90 bits per heavy atom. The quantitative estimate of drug-likeness (QED) is 0.739. The molecule has 0 amide bonds. The third-order valence-electron chi connectivity index (χ3n) is 3.24. The van der Waals surface area contributed by atoms with E-state index in [1.54, 1.807) is 0 Å². The Labute approximate surface area is 114 Å². The van der Waals surface area contributed by atoms with Gasteiger partial charge in [-0.25, -0.2) is 13.1 Å². The fourth-order valence-corrected chi connectivity index (χ4v) is 2.70. The molecule has 0 heterocycles. The van der Waals surface area contributed by atoms with Gasteiger partial charge in [-0.05, 0) is 38.1 Å². The zero-order valence-corrected chi connectivity index (χ0v) is 11.4. The molecule has 0 radical (unpaired) electrons. The molecular weight excluding hydrogens is 295 g/mol. The second-order valence-electron chi connectivity index (χ2n) is 4.67. The number of halogens is 3. The van der Waals surface area contributed by atoms with Crippen LogP contribution in [0.4, 0.5) is 24.5 Å². The molecule has 0 spiro atoms. The first-order valence-electron chi connectivity index (χ1n) is 5.79. The van der Waals surface area contributed by atoms with Crippen molar-refractivity contribution in [3.05, 3.63) is 18.2 Å². The molecule has 1 aromatic carbocycles. The minimum atomic E-state index is -4.35. The van der Waals surface area contributed by atoms with Crippen LogP contribution in [0, 0.1) is 0 Å². The molecule has 0 aliphatic heterocycles. The van der Waals surface area contributed by atoms with Gasteiger partial charge in [-0.15, -0.1) is 0 Å². The molecule has 4 N–H and O–H groups in total. The maximum absolute atomic E-state index is 12.8. The van der Waals surface area contributed by atoms with Crippen LogP contribution in [0.15, 0.2) is 23.1 Å². The van der Waals surface area contributed by atoms with Gasteiger partial charge >= 0.3 is 6.18 Å². The number of nitrogen functional groups attached to an aromatic ring is 1. The van der Waals surface area contributed by atoms with E-state index in [1.165, 1.54) is 25.2 Å². The molecule has 20 heavy (non-hydrogen) atoms. The smallest absolute Gasteiger partial charge is 0.398 e. The van der Waals surface area contributed by atoms with E-state index >= 15 is 0 Å². The summed E-state index contributed by atoms with van der Waals surface area (Å²) in [7, 11) is -2.50. The van der Waals surface area contributed by atoms with Crippen molar-refractivity contribution in [2.45, 2.75) is 29.5 Å². The normalized spacial score (nSPS) is 17.8. The number of benzene rings is 1. The Kier molecular flexibility index (Phi) is 3.37. The lowest BCUT2D eigenvalue weighted by Crippen LogP contribution is -2.38. The van der Waals surface area contributed by atoms with Gasteiger partial charge in [0.05, 0.1) is 5.69 Å². The van der Waals surface area contributed by atoms with E-state index in [0.29, 0.717) is 0 Å². The molecule has 0 aromatic heterocycles. The van der Waals surface area contributed by atoms with Gasteiger partial charge in [-0.2, -0.15) is 13.2 Å². The first kappa shape index (κ1) is 14.9. The highest BCUT2D eigenvalue weighted by Gasteiger charge is 2.63. The number of hydrogen-bond donors (Lipinski definition) is 3. The first-order chi connectivity index (χ1) is 9.11. The molecule has 2 rings (SSSR count). The van der Waals surface area contributed by atoms with Crippen molar-refractivity contribution < 1.29 is 21.6 Å². The Balaban J connectivity index is 2.28. The summed E-state index contributed by atoms with van der Waals surface area (Å²) in [6.45, 7) is 0. The zero-order chi connectivity index (χ0) is 15.2. The fraction of sp³-hybridized carbons (Fsp3) is 0.455. The summed E-state index contributed by atoms with van der Waals surface area (Å²) < 4.78 is 63.7. The van der Waals surface area contributed by atoms with Crippen LogP contribution in [0.3, 0.4) is 0 Å². The van der Waals surface area contributed by atoms with Crippen molar-refractivity contribution in [1.29, 1.82) is 0 Å². The molecular formula is C11H14F3N3O2S. The second-order valence-corrected chi connectivity index (χ2v) is 6.52. The van der Waals surface area contributed by atoms with Crippen molar-refractivity contribution in [2.24, 2.45) is 0 Å². The average molecular weight is 309 g/mol. The fourth-order valence-electron chi connectivity index (χ4n) is 1.86. The van der Waals surface area contributed by atoms with Crippen LogP contribution in [0.25, 0.3) is 0 Å². The maximum Gasteiger partial charge on any atom is 0.411 e. The molecule has 1 aromatic rings. The molecule has 112 valence electrons. The second kappa shape index (κ2) is 4.52. The average Bonchev–Trinajstić information content (AvgIpc) is 3.09. The van der Waals surface area contributed by atoms with Crippen molar-refractivity contribution in [3.8, 4) is 0 Å². The predicted molar refractivity (Wildman–Crippen MR) is 68.7 cm³/mol. The van der Waals surface area contributed by atoms with E-state index in [9.17, 15) is 21.6 Å². The maximum atomic E-state index is 12.8. The summed E-state index contributed by atoms with van der Waals surface area (Å²) in [6.07, 6.45) is -4.36. The van der Waals surface area contributed by atoms with Crippen LogP contribution < -0.4 is 15.8 Å². The van der Waals surface area contributed by atoms with Crippen LogP contribution in [0.1, 0.15) is 12.8 Å². The number of alkyl halides is 3. The van der Waals surface area contributed by atoms with E-state index in [2.05, 4.69) is 10.0 Å². The number of hydrogen-bond acceptors (Lipinski definition) is 4. The minimum Gasteiger partial charge on any atom is -0.398 e. The van der Waals surface area contributed by atoms with Gasteiger partial charge < -0.3 is 11.1 Å². The summed E-state index contributed by atoms with van der Waals surface area (Å²) in [6, 6.07) is 3.64. The third-order valence-corrected chi connectivity index (χ3v) is 4.73. The van der Waals surface area contributed by atoms with E-state index in [-0.39, 0.29) is 29.1 Å². The van der Waals surface area contributed by atoms with Gasteiger partial charge in [-0.3, -0.25) is 0 Å². The highest BCUT2D eigenvalue weighted by Crippen LogP contribution is 2.51. The molecule has 0 bridgehead atoms. The summed E-state index contributed by atoms with van der Waals surface area (Å²) in [4.78, 5) is -0.164. The van der Waals surface area contributed by atoms with E-state index in [0.717, 1.165) is 0 Å². The Hall–Kier alpha value is -1.48. The molecule has 1 aliphatic rings. The topological polar surface area (TPSA) is 84.2 Å². The SMILES string of the molecule is CNS(=O)(=O)c1ccc(NC2(C(F)(F)F)CC2)cc1N. The van der Waals surface area contributed by atoms with Gasteiger partial charge in [0.1, 0.15) is 10.4 Å². The number of rotatable bonds is 4. The molecule has 0 atom stereocenters. The summed E-state index contributed by atoms with van der Waals surface area (Å²) >= 11 is 0. The summed E-state index contributed by atoms with van der Waals surface area (Å²) in [5, 5.41) is 2.39. The van der Waals surface area contributed by atoms with E-state index < -0.39 is 21.7 Å². The third kappa shape index (κ3) is 2.55. The van der Waals surface area contributed by atoms with Crippen molar-refractivity contribution in [2.75, 3.05) is 18.1 Å². The molecule has 1 saturated carbocycles. The zero-order valence-electron chi connectivity index (χ0n) is 10.6. The van der Waals surface area contributed by atoms with Gasteiger partial charge in [-0.1, -0.05) is 0 Å². The molecule has 5 nitrogen and oxygen atoms in total. The highest BCUT2D eigenvalue weighted by molar-refractivity contribution is 7.89. The number of nitrogens with one attached hydrogen (secondary N) is 2. The lowest BCUT2D eigenvalue weighted by atomic mass is 10.2. The summed E-state index contributed by atoms with van der Waals surface area (Å²) in [5.41, 5.74) is 3.71. The van der Waals surface area contributed by atoms with Gasteiger partial charge in [0, 0.05) is 5.69 Å². The highest BCUT2D eigenvalue weighted by atomic mass is 32.2. The van der Waals surface area contributed by atoms with Gasteiger partial charge in [0.15, 0.2) is 0 Å². The predicted octanol–water partition coefficient (Wildman–Crippen LogP) is 1.68. The molecule has 1 aliphatic carbocycles. The van der Waals surface area contributed by atoms with Crippen molar-refractivity contribution in [1.82, 2.24) is 4.72 Å².